The molecule has 2 amide bonds. The van der Waals surface area contributed by atoms with Crippen LogP contribution in [-0.2, 0) is 9.57 Å². The van der Waals surface area contributed by atoms with Gasteiger partial charge in [-0.2, -0.15) is 0 Å². The van der Waals surface area contributed by atoms with Gasteiger partial charge in [0.2, 0.25) is 0 Å². The molecule has 0 bridgehead atoms. The molecule has 116 valence electrons. The number of nitrogens with one attached hydrogen (secondary N) is 1. The molecule has 21 heavy (non-hydrogen) atoms. The van der Waals surface area contributed by atoms with Crippen molar-refractivity contribution in [1.82, 2.24) is 5.06 Å². The van der Waals surface area contributed by atoms with Crippen LogP contribution in [-0.4, -0.2) is 36.8 Å². The third kappa shape index (κ3) is 5.35. The number of amides is 2. The van der Waals surface area contributed by atoms with Gasteiger partial charge in [0.1, 0.15) is 5.60 Å². The highest BCUT2D eigenvalue weighted by molar-refractivity contribution is 9.10. The Morgan fingerprint density at radius 1 is 1.29 bits per heavy atom. The molecule has 0 atom stereocenters. The Hall–Kier alpha value is -1.60. The van der Waals surface area contributed by atoms with Crippen molar-refractivity contribution in [2.24, 2.45) is 0 Å². The number of benzene rings is 1. The van der Waals surface area contributed by atoms with Crippen molar-refractivity contribution in [1.29, 1.82) is 0 Å². The number of halogens is 1. The zero-order chi connectivity index (χ0) is 16.2. The van der Waals surface area contributed by atoms with E-state index in [1.54, 1.807) is 39.0 Å². The van der Waals surface area contributed by atoms with Gasteiger partial charge in [0.05, 0.1) is 12.7 Å². The van der Waals surface area contributed by atoms with Gasteiger partial charge < -0.3 is 4.74 Å². The maximum atomic E-state index is 12.0. The zero-order valence-electron chi connectivity index (χ0n) is 12.7. The molecule has 0 saturated carbocycles. The van der Waals surface area contributed by atoms with Crippen LogP contribution in [0.2, 0.25) is 0 Å². The summed E-state index contributed by atoms with van der Waals surface area (Å²) in [6, 6.07) is 4.83. The van der Waals surface area contributed by atoms with Crippen LogP contribution in [0.25, 0.3) is 0 Å². The molecule has 0 heterocycles. The average molecular weight is 359 g/mol. The average Bonchev–Trinajstić information content (AvgIpc) is 2.34. The van der Waals surface area contributed by atoms with Crippen LogP contribution >= 0.6 is 15.9 Å². The number of carbonyl (C=O) groups excluding carboxylic acids is 2. The normalized spacial score (nSPS) is 11.0. The molecule has 0 aliphatic carbocycles. The lowest BCUT2D eigenvalue weighted by molar-refractivity contribution is -0.0757. The molecule has 1 aromatic rings. The number of carbonyl (C=O) groups is 2. The Bertz CT molecular complexity index is 540. The molecule has 1 aromatic carbocycles. The number of anilines is 1. The largest absolute Gasteiger partial charge is 0.444 e. The van der Waals surface area contributed by atoms with E-state index in [2.05, 4.69) is 21.2 Å². The molecule has 0 radical (unpaired) electrons. The summed E-state index contributed by atoms with van der Waals surface area (Å²) in [7, 11) is 2.92. The van der Waals surface area contributed by atoms with Crippen LogP contribution in [0.5, 0.6) is 0 Å². The van der Waals surface area contributed by atoms with Gasteiger partial charge in [0.25, 0.3) is 5.91 Å². The third-order valence-electron chi connectivity index (χ3n) is 2.40. The fraction of sp³-hybridized carbons (Fsp3) is 0.429. The molecule has 0 saturated heterocycles. The van der Waals surface area contributed by atoms with Gasteiger partial charge >= 0.3 is 6.09 Å². The minimum absolute atomic E-state index is 0.298. The second-order valence-electron chi connectivity index (χ2n) is 5.31. The second-order valence-corrected chi connectivity index (χ2v) is 6.16. The van der Waals surface area contributed by atoms with Crippen molar-refractivity contribution in [3.63, 3.8) is 0 Å². The first-order valence-corrected chi connectivity index (χ1v) is 7.05. The number of nitrogens with zero attached hydrogens (tertiary/aromatic N) is 1. The zero-order valence-corrected chi connectivity index (χ0v) is 14.3. The first-order valence-electron chi connectivity index (χ1n) is 6.26. The summed E-state index contributed by atoms with van der Waals surface area (Å²) in [5.74, 6) is -0.298. The van der Waals surface area contributed by atoms with E-state index in [4.69, 9.17) is 9.57 Å². The third-order valence-corrected chi connectivity index (χ3v) is 3.06. The van der Waals surface area contributed by atoms with Gasteiger partial charge in [0, 0.05) is 17.2 Å². The van der Waals surface area contributed by atoms with Crippen LogP contribution in [0, 0.1) is 0 Å². The van der Waals surface area contributed by atoms with Gasteiger partial charge in [-0.05, 0) is 54.9 Å². The van der Waals surface area contributed by atoms with E-state index < -0.39 is 11.7 Å². The fourth-order valence-corrected chi connectivity index (χ4v) is 1.99. The Kier molecular flexibility index (Phi) is 5.74. The van der Waals surface area contributed by atoms with Crippen LogP contribution in [0.4, 0.5) is 10.5 Å². The molecule has 1 rings (SSSR count). The Morgan fingerprint density at radius 3 is 2.38 bits per heavy atom. The molecule has 6 nitrogen and oxygen atoms in total. The van der Waals surface area contributed by atoms with Crippen molar-refractivity contribution in [3.8, 4) is 0 Å². The van der Waals surface area contributed by atoms with E-state index in [0.29, 0.717) is 15.7 Å². The number of hydrogen-bond acceptors (Lipinski definition) is 4. The number of hydroxylamine groups is 2. The molecular formula is C14H19BrN2O4. The molecule has 0 spiro atoms. The van der Waals surface area contributed by atoms with Gasteiger partial charge in [0.15, 0.2) is 0 Å². The smallest absolute Gasteiger partial charge is 0.412 e. The second kappa shape index (κ2) is 6.91. The molecule has 0 aliphatic heterocycles. The molecular weight excluding hydrogens is 340 g/mol. The van der Waals surface area contributed by atoms with Crippen molar-refractivity contribution in [2.45, 2.75) is 26.4 Å². The summed E-state index contributed by atoms with van der Waals surface area (Å²) in [6.45, 7) is 5.35. The Balaban J connectivity index is 2.84. The molecule has 0 fully saturated rings. The van der Waals surface area contributed by atoms with E-state index in [9.17, 15) is 9.59 Å². The van der Waals surface area contributed by atoms with Crippen molar-refractivity contribution < 1.29 is 19.2 Å². The lowest BCUT2D eigenvalue weighted by Crippen LogP contribution is -2.27. The predicted octanol–water partition coefficient (Wildman–Crippen LogP) is 3.43. The topological polar surface area (TPSA) is 67.9 Å². The number of ether oxygens (including phenoxy) is 1. The summed E-state index contributed by atoms with van der Waals surface area (Å²) < 4.78 is 5.70. The minimum Gasteiger partial charge on any atom is -0.444 e. The van der Waals surface area contributed by atoms with Gasteiger partial charge in [-0.15, -0.1) is 0 Å². The van der Waals surface area contributed by atoms with Crippen LogP contribution in [0.1, 0.15) is 31.1 Å². The number of hydrogen-bond donors (Lipinski definition) is 1. The van der Waals surface area contributed by atoms with Crippen LogP contribution < -0.4 is 5.32 Å². The van der Waals surface area contributed by atoms with E-state index in [1.165, 1.54) is 14.2 Å². The summed E-state index contributed by atoms with van der Waals surface area (Å²) in [6.07, 6.45) is -0.553. The standard InChI is InChI=1S/C14H19BrN2O4/c1-14(2,3)21-13(19)16-9-6-7-10(11(15)8-9)12(18)17(4)20-5/h6-8H,1-5H3,(H,16,19). The maximum Gasteiger partial charge on any atom is 0.412 e. The van der Waals surface area contributed by atoms with Crippen molar-refractivity contribution in [3.05, 3.63) is 28.2 Å². The summed E-state index contributed by atoms with van der Waals surface area (Å²) in [5.41, 5.74) is 0.375. The van der Waals surface area contributed by atoms with E-state index in [0.717, 1.165) is 5.06 Å². The fourth-order valence-electron chi connectivity index (χ4n) is 1.44. The van der Waals surface area contributed by atoms with Gasteiger partial charge in [-0.25, -0.2) is 9.86 Å². The molecule has 1 N–H and O–H groups in total. The molecule has 0 unspecified atom stereocenters. The summed E-state index contributed by atoms with van der Waals surface area (Å²) in [4.78, 5) is 28.5. The van der Waals surface area contributed by atoms with Crippen LogP contribution in [0.3, 0.4) is 0 Å². The quantitative estimate of drug-likeness (QED) is 0.840. The Labute approximate surface area is 132 Å². The highest BCUT2D eigenvalue weighted by Crippen LogP contribution is 2.23. The number of rotatable bonds is 3. The van der Waals surface area contributed by atoms with E-state index in [-0.39, 0.29) is 5.91 Å². The summed E-state index contributed by atoms with van der Waals surface area (Å²) >= 11 is 3.30. The molecule has 7 heteroatoms. The minimum atomic E-state index is -0.571. The first kappa shape index (κ1) is 17.5. The Morgan fingerprint density at radius 2 is 1.90 bits per heavy atom. The molecule has 0 aromatic heterocycles. The van der Waals surface area contributed by atoms with Gasteiger partial charge in [-0.3, -0.25) is 14.9 Å². The lowest BCUT2D eigenvalue weighted by atomic mass is 10.2. The SMILES string of the molecule is CON(C)C(=O)c1ccc(NC(=O)OC(C)(C)C)cc1Br. The van der Waals surface area contributed by atoms with Crippen LogP contribution in [0.15, 0.2) is 22.7 Å². The van der Waals surface area contributed by atoms with Crippen molar-refractivity contribution in [2.75, 3.05) is 19.5 Å². The van der Waals surface area contributed by atoms with E-state index in [1.807, 2.05) is 0 Å². The highest BCUT2D eigenvalue weighted by Gasteiger charge is 2.18. The van der Waals surface area contributed by atoms with E-state index >= 15 is 0 Å². The predicted molar refractivity (Wildman–Crippen MR) is 83.1 cm³/mol. The van der Waals surface area contributed by atoms with Gasteiger partial charge in [-0.1, -0.05) is 0 Å². The monoisotopic (exact) mass is 358 g/mol. The highest BCUT2D eigenvalue weighted by atomic mass is 79.9. The first-order chi connectivity index (χ1) is 9.64. The molecule has 0 aliphatic rings. The maximum absolute atomic E-state index is 12.0. The van der Waals surface area contributed by atoms with Crippen molar-refractivity contribution >= 4 is 33.6 Å². The lowest BCUT2D eigenvalue weighted by Gasteiger charge is -2.20. The summed E-state index contributed by atoms with van der Waals surface area (Å²) in [5, 5.41) is 3.71.